The minimum Gasteiger partial charge on any atom is -0.396 e. The quantitative estimate of drug-likeness (QED) is 0.900. The highest BCUT2D eigenvalue weighted by molar-refractivity contribution is 6.30. The molecule has 0 aliphatic carbocycles. The highest BCUT2D eigenvalue weighted by Gasteiger charge is 2.35. The van der Waals surface area contributed by atoms with Crippen LogP contribution in [0.25, 0.3) is 0 Å². The predicted molar refractivity (Wildman–Crippen MR) is 84.6 cm³/mol. The predicted octanol–water partition coefficient (Wildman–Crippen LogP) is 2.11. The summed E-state index contributed by atoms with van der Waals surface area (Å²) in [7, 11) is 2.02. The number of aliphatic hydroxyl groups is 1. The summed E-state index contributed by atoms with van der Waals surface area (Å²) in [4.78, 5) is 16.4. The fourth-order valence-corrected chi connectivity index (χ4v) is 2.98. The molecule has 1 aliphatic rings. The van der Waals surface area contributed by atoms with E-state index in [0.29, 0.717) is 18.7 Å². The van der Waals surface area contributed by atoms with E-state index in [4.69, 9.17) is 11.6 Å². The molecule has 0 spiro atoms. The Morgan fingerprint density at radius 3 is 2.73 bits per heavy atom. The summed E-state index contributed by atoms with van der Waals surface area (Å²) in [5, 5.41) is 9.55. The van der Waals surface area contributed by atoms with Crippen LogP contribution in [0.5, 0.6) is 0 Å². The Bertz CT molecular complexity index is 541. The molecule has 1 aromatic carbocycles. The molecule has 1 fully saturated rings. The van der Waals surface area contributed by atoms with Gasteiger partial charge in [0.15, 0.2) is 0 Å². The first-order chi connectivity index (χ1) is 10.5. The fourth-order valence-electron chi connectivity index (χ4n) is 2.86. The molecule has 1 aliphatic heterocycles. The molecule has 0 unspecified atom stereocenters. The Kier molecular flexibility index (Phi) is 5.78. The molecule has 1 saturated heterocycles. The summed E-state index contributed by atoms with van der Waals surface area (Å²) in [6.07, 6.45) is 0. The van der Waals surface area contributed by atoms with E-state index in [1.54, 1.807) is 4.90 Å². The van der Waals surface area contributed by atoms with Gasteiger partial charge >= 0.3 is 0 Å². The Balaban J connectivity index is 2.09. The van der Waals surface area contributed by atoms with Crippen LogP contribution in [-0.2, 0) is 0 Å². The van der Waals surface area contributed by atoms with Crippen molar-refractivity contribution in [3.63, 3.8) is 0 Å². The SMILES string of the molecule is CCN(C)C[C@@H]1CN(C(=O)c2ccc(Cl)c(F)c2)C[C@@H]1CO. The van der Waals surface area contributed by atoms with Crippen LogP contribution < -0.4 is 0 Å². The van der Waals surface area contributed by atoms with Crippen molar-refractivity contribution in [1.29, 1.82) is 0 Å². The lowest BCUT2D eigenvalue weighted by Crippen LogP contribution is -2.32. The summed E-state index contributed by atoms with van der Waals surface area (Å²) in [5.41, 5.74) is 0.295. The zero-order valence-electron chi connectivity index (χ0n) is 12.9. The van der Waals surface area contributed by atoms with Gasteiger partial charge in [-0.15, -0.1) is 0 Å². The summed E-state index contributed by atoms with van der Waals surface area (Å²) in [6.45, 7) is 4.97. The number of carbonyl (C=O) groups excluding carboxylic acids is 1. The number of halogens is 2. The second-order valence-corrected chi connectivity index (χ2v) is 6.30. The highest BCUT2D eigenvalue weighted by atomic mass is 35.5. The molecule has 1 heterocycles. The molecule has 122 valence electrons. The third-order valence-electron chi connectivity index (χ3n) is 4.35. The molecule has 0 radical (unpaired) electrons. The third kappa shape index (κ3) is 3.77. The van der Waals surface area contributed by atoms with E-state index in [9.17, 15) is 14.3 Å². The van der Waals surface area contributed by atoms with Gasteiger partial charge in [0.2, 0.25) is 0 Å². The molecule has 1 N–H and O–H groups in total. The van der Waals surface area contributed by atoms with Crippen molar-refractivity contribution in [3.8, 4) is 0 Å². The average Bonchev–Trinajstić information content (AvgIpc) is 2.92. The molecule has 0 saturated carbocycles. The number of aliphatic hydroxyl groups excluding tert-OH is 1. The topological polar surface area (TPSA) is 43.8 Å². The standard InChI is InChI=1S/C16H22ClFN2O2/c1-3-19(2)7-12-8-20(9-13(12)10-21)16(22)11-4-5-14(17)15(18)6-11/h4-6,12-13,21H,3,7-10H2,1-2H3/t12-,13-/m1/s1. The van der Waals surface area contributed by atoms with Crippen LogP contribution in [0.2, 0.25) is 5.02 Å². The van der Waals surface area contributed by atoms with E-state index in [2.05, 4.69) is 11.8 Å². The summed E-state index contributed by atoms with van der Waals surface area (Å²) in [5.74, 6) is -0.505. The van der Waals surface area contributed by atoms with Gasteiger partial charge in [-0.2, -0.15) is 0 Å². The molecular weight excluding hydrogens is 307 g/mol. The first kappa shape index (κ1) is 17.2. The number of amides is 1. The maximum Gasteiger partial charge on any atom is 0.253 e. The van der Waals surface area contributed by atoms with Crippen LogP contribution >= 0.6 is 11.6 Å². The first-order valence-corrected chi connectivity index (χ1v) is 7.87. The Morgan fingerprint density at radius 1 is 1.45 bits per heavy atom. The van der Waals surface area contributed by atoms with Crippen molar-refractivity contribution in [2.75, 3.05) is 39.8 Å². The lowest BCUT2D eigenvalue weighted by molar-refractivity contribution is 0.0779. The Labute approximate surface area is 135 Å². The molecule has 0 bridgehead atoms. The number of hydrogen-bond donors (Lipinski definition) is 1. The highest BCUT2D eigenvalue weighted by Crippen LogP contribution is 2.26. The Morgan fingerprint density at radius 2 is 2.14 bits per heavy atom. The zero-order chi connectivity index (χ0) is 16.3. The maximum atomic E-state index is 13.5. The van der Waals surface area contributed by atoms with Gasteiger partial charge in [-0.3, -0.25) is 4.79 Å². The summed E-state index contributed by atoms with van der Waals surface area (Å²) in [6, 6.07) is 4.10. The van der Waals surface area contributed by atoms with Crippen molar-refractivity contribution in [2.45, 2.75) is 6.92 Å². The average molecular weight is 329 g/mol. The van der Waals surface area contributed by atoms with Crippen LogP contribution in [0.15, 0.2) is 18.2 Å². The smallest absolute Gasteiger partial charge is 0.253 e. The number of carbonyl (C=O) groups is 1. The van der Waals surface area contributed by atoms with E-state index < -0.39 is 5.82 Å². The van der Waals surface area contributed by atoms with Gasteiger partial charge in [-0.25, -0.2) is 4.39 Å². The van der Waals surface area contributed by atoms with Gasteiger partial charge in [-0.05, 0) is 37.7 Å². The minimum absolute atomic E-state index is 0.00801. The fraction of sp³-hybridized carbons (Fsp3) is 0.562. The van der Waals surface area contributed by atoms with E-state index in [1.807, 2.05) is 7.05 Å². The normalized spacial score (nSPS) is 21.6. The van der Waals surface area contributed by atoms with Crippen LogP contribution in [0.3, 0.4) is 0 Å². The summed E-state index contributed by atoms with van der Waals surface area (Å²) < 4.78 is 13.5. The Hall–Kier alpha value is -1.17. The number of rotatable bonds is 5. The zero-order valence-corrected chi connectivity index (χ0v) is 13.7. The van der Waals surface area contributed by atoms with Gasteiger partial charge in [0.1, 0.15) is 5.82 Å². The lowest BCUT2D eigenvalue weighted by atomic mass is 9.96. The number of benzene rings is 1. The molecule has 1 aromatic rings. The van der Waals surface area contributed by atoms with Crippen molar-refractivity contribution in [3.05, 3.63) is 34.6 Å². The van der Waals surface area contributed by atoms with Crippen molar-refractivity contribution in [2.24, 2.45) is 11.8 Å². The van der Waals surface area contributed by atoms with E-state index >= 15 is 0 Å². The first-order valence-electron chi connectivity index (χ1n) is 7.50. The van der Waals surface area contributed by atoms with Crippen LogP contribution in [0, 0.1) is 17.7 Å². The van der Waals surface area contributed by atoms with Crippen LogP contribution in [0.1, 0.15) is 17.3 Å². The second kappa shape index (κ2) is 7.40. The lowest BCUT2D eigenvalue weighted by Gasteiger charge is -2.22. The third-order valence-corrected chi connectivity index (χ3v) is 4.66. The molecule has 2 atom stereocenters. The van der Waals surface area contributed by atoms with Gasteiger partial charge in [0.05, 0.1) is 5.02 Å². The van der Waals surface area contributed by atoms with Crippen LogP contribution in [0.4, 0.5) is 4.39 Å². The maximum absolute atomic E-state index is 13.5. The molecule has 6 heteroatoms. The molecule has 0 aromatic heterocycles. The second-order valence-electron chi connectivity index (χ2n) is 5.90. The van der Waals surface area contributed by atoms with Crippen molar-refractivity contribution < 1.29 is 14.3 Å². The van der Waals surface area contributed by atoms with Crippen LogP contribution in [-0.4, -0.2) is 60.6 Å². The molecule has 4 nitrogen and oxygen atoms in total. The number of nitrogens with zero attached hydrogens (tertiary/aromatic N) is 2. The molecule has 2 rings (SSSR count). The van der Waals surface area contributed by atoms with Gasteiger partial charge < -0.3 is 14.9 Å². The number of hydrogen-bond acceptors (Lipinski definition) is 3. The molecule has 1 amide bonds. The van der Waals surface area contributed by atoms with Crippen molar-refractivity contribution >= 4 is 17.5 Å². The van der Waals surface area contributed by atoms with E-state index in [0.717, 1.165) is 13.1 Å². The minimum atomic E-state index is -0.590. The summed E-state index contributed by atoms with van der Waals surface area (Å²) >= 11 is 5.65. The van der Waals surface area contributed by atoms with Crippen molar-refractivity contribution in [1.82, 2.24) is 9.80 Å². The van der Waals surface area contributed by atoms with Gasteiger partial charge in [0.25, 0.3) is 5.91 Å². The number of likely N-dealkylation sites (tertiary alicyclic amines) is 1. The largest absolute Gasteiger partial charge is 0.396 e. The molecule has 22 heavy (non-hydrogen) atoms. The molecular formula is C16H22ClFN2O2. The monoisotopic (exact) mass is 328 g/mol. The van der Waals surface area contributed by atoms with Gasteiger partial charge in [-0.1, -0.05) is 18.5 Å². The van der Waals surface area contributed by atoms with E-state index in [1.165, 1.54) is 18.2 Å². The van der Waals surface area contributed by atoms with E-state index in [-0.39, 0.29) is 29.4 Å². The van der Waals surface area contributed by atoms with Gasteiger partial charge in [0, 0.05) is 37.7 Å².